The Bertz CT molecular complexity index is 1010. The van der Waals surface area contributed by atoms with Gasteiger partial charge in [-0.3, -0.25) is 4.79 Å². The smallest absolute Gasteiger partial charge is 0.160 e. The molecule has 0 fully saturated rings. The highest BCUT2D eigenvalue weighted by molar-refractivity contribution is 6.31. The second-order valence-corrected chi connectivity index (χ2v) is 6.42. The fraction of sp³-hybridized carbons (Fsp3) is 0.273. The Labute approximate surface area is 159 Å². The monoisotopic (exact) mass is 366 g/mol. The lowest BCUT2D eigenvalue weighted by Crippen LogP contribution is -2.04. The van der Waals surface area contributed by atoms with Crippen LogP contribution in [0, 0.1) is 18.3 Å². The van der Waals surface area contributed by atoms with Gasteiger partial charge in [0.05, 0.1) is 11.6 Å². The first kappa shape index (κ1) is 19.8. The molecule has 0 N–H and O–H groups in total. The van der Waals surface area contributed by atoms with Crippen molar-refractivity contribution in [3.8, 4) is 6.07 Å². The van der Waals surface area contributed by atoms with Crippen molar-refractivity contribution >= 4 is 28.3 Å². The average Bonchev–Trinajstić information content (AvgIpc) is 2.95. The number of halogens is 1. The topological polar surface area (TPSA) is 45.8 Å². The molecule has 1 heterocycles. The van der Waals surface area contributed by atoms with Crippen LogP contribution in [0.25, 0.3) is 10.9 Å². The van der Waals surface area contributed by atoms with Gasteiger partial charge in [-0.1, -0.05) is 31.5 Å². The third-order valence-electron chi connectivity index (χ3n) is 4.55. The predicted octanol–water partition coefficient (Wildman–Crippen LogP) is 5.83. The number of Topliss-reactive ketones (excluding diaryl/α,β-unsaturated/α-hetero) is 1. The Morgan fingerprint density at radius 3 is 2.50 bits per heavy atom. The number of nitriles is 1. The molecule has 0 aliphatic heterocycles. The summed E-state index contributed by atoms with van der Waals surface area (Å²) >= 11 is 6.39. The van der Waals surface area contributed by atoms with E-state index in [-0.39, 0.29) is 5.78 Å². The molecule has 0 saturated carbocycles. The van der Waals surface area contributed by atoms with E-state index in [1.165, 1.54) is 0 Å². The van der Waals surface area contributed by atoms with Crippen molar-refractivity contribution in [2.24, 2.45) is 7.05 Å². The highest BCUT2D eigenvalue weighted by Crippen LogP contribution is 2.28. The first-order valence-corrected chi connectivity index (χ1v) is 9.07. The van der Waals surface area contributed by atoms with Gasteiger partial charge in [-0.15, -0.1) is 0 Å². The lowest BCUT2D eigenvalue weighted by molar-refractivity contribution is 0.101. The van der Waals surface area contributed by atoms with E-state index in [9.17, 15) is 4.79 Å². The zero-order valence-corrected chi connectivity index (χ0v) is 16.6. The molecule has 1 aromatic heterocycles. The number of carbonyl (C=O) groups is 1. The van der Waals surface area contributed by atoms with Gasteiger partial charge in [0.25, 0.3) is 0 Å². The van der Waals surface area contributed by atoms with E-state index in [0.717, 1.165) is 27.7 Å². The molecule has 0 aliphatic rings. The molecule has 26 heavy (non-hydrogen) atoms. The molecule has 0 bridgehead atoms. The number of rotatable bonds is 3. The van der Waals surface area contributed by atoms with Gasteiger partial charge in [0.2, 0.25) is 0 Å². The lowest BCUT2D eigenvalue weighted by atomic mass is 9.96. The highest BCUT2D eigenvalue weighted by Gasteiger charge is 2.15. The van der Waals surface area contributed by atoms with Gasteiger partial charge in [0.15, 0.2) is 5.78 Å². The molecule has 0 unspecified atom stereocenters. The fourth-order valence-corrected chi connectivity index (χ4v) is 3.40. The van der Waals surface area contributed by atoms with Gasteiger partial charge in [-0.2, -0.15) is 5.26 Å². The van der Waals surface area contributed by atoms with Gasteiger partial charge in [-0.25, -0.2) is 0 Å². The summed E-state index contributed by atoms with van der Waals surface area (Å²) < 4.78 is 2.08. The fourth-order valence-electron chi connectivity index (χ4n) is 3.13. The summed E-state index contributed by atoms with van der Waals surface area (Å²) in [4.78, 5) is 11.8. The van der Waals surface area contributed by atoms with Crippen LogP contribution < -0.4 is 0 Å². The molecule has 0 radical (unpaired) electrons. The largest absolute Gasteiger partial charge is 0.347 e. The summed E-state index contributed by atoms with van der Waals surface area (Å²) in [6.45, 7) is 7.51. The van der Waals surface area contributed by atoms with Crippen LogP contribution in [-0.4, -0.2) is 10.4 Å². The number of hydrogen-bond acceptors (Lipinski definition) is 2. The number of nitrogens with zero attached hydrogens (tertiary/aromatic N) is 2. The Balaban J connectivity index is 0.00000117. The third kappa shape index (κ3) is 3.66. The van der Waals surface area contributed by atoms with E-state index in [4.69, 9.17) is 16.9 Å². The maximum absolute atomic E-state index is 11.8. The van der Waals surface area contributed by atoms with Crippen LogP contribution in [0.5, 0.6) is 0 Å². The minimum absolute atomic E-state index is 0.0427. The summed E-state index contributed by atoms with van der Waals surface area (Å²) in [5, 5.41) is 10.8. The van der Waals surface area contributed by atoms with Crippen molar-refractivity contribution in [1.29, 1.82) is 5.26 Å². The minimum atomic E-state index is 0.0427. The van der Waals surface area contributed by atoms with Crippen molar-refractivity contribution in [2.45, 2.75) is 34.1 Å². The number of aromatic nitrogens is 1. The summed E-state index contributed by atoms with van der Waals surface area (Å²) in [6, 6.07) is 13.5. The van der Waals surface area contributed by atoms with Crippen molar-refractivity contribution in [2.75, 3.05) is 0 Å². The van der Waals surface area contributed by atoms with Crippen LogP contribution in [0.3, 0.4) is 0 Å². The molecule has 0 amide bonds. The number of hydrogen-bond donors (Lipinski definition) is 0. The standard InChI is InChI=1S/C20H17ClN2O.C2H6/c1-12-17(13(2)24)6-7-19(21)18(12)10-16-9-15-5-4-14(11-22)8-20(15)23(16)3;1-2/h4-9H,10H2,1-3H3;1-2H3. The number of fused-ring (bicyclic) bond motifs is 1. The molecule has 3 nitrogen and oxygen atoms in total. The van der Waals surface area contributed by atoms with Gasteiger partial charge in [-0.05, 0) is 60.7 Å². The molecule has 0 spiro atoms. The maximum atomic E-state index is 11.8. The highest BCUT2D eigenvalue weighted by atomic mass is 35.5. The molecule has 0 aliphatic carbocycles. The second kappa shape index (κ2) is 8.21. The third-order valence-corrected chi connectivity index (χ3v) is 4.91. The zero-order valence-electron chi connectivity index (χ0n) is 15.9. The number of ketones is 1. The van der Waals surface area contributed by atoms with Crippen molar-refractivity contribution in [1.82, 2.24) is 4.57 Å². The van der Waals surface area contributed by atoms with Gasteiger partial charge >= 0.3 is 0 Å². The first-order chi connectivity index (χ1) is 12.4. The van der Waals surface area contributed by atoms with Crippen LogP contribution in [-0.2, 0) is 13.5 Å². The second-order valence-electron chi connectivity index (χ2n) is 6.01. The van der Waals surface area contributed by atoms with Crippen LogP contribution in [0.1, 0.15) is 53.5 Å². The number of aryl methyl sites for hydroxylation is 1. The average molecular weight is 367 g/mol. The molecule has 3 aromatic rings. The summed E-state index contributed by atoms with van der Waals surface area (Å²) in [5.41, 5.74) is 5.35. The molecule has 0 saturated heterocycles. The van der Waals surface area contributed by atoms with E-state index in [0.29, 0.717) is 22.6 Å². The van der Waals surface area contributed by atoms with Gasteiger partial charge < -0.3 is 4.57 Å². The summed E-state index contributed by atoms with van der Waals surface area (Å²) in [5.74, 6) is 0.0427. The maximum Gasteiger partial charge on any atom is 0.160 e. The molecule has 4 heteroatoms. The van der Waals surface area contributed by atoms with Crippen molar-refractivity contribution < 1.29 is 4.79 Å². The van der Waals surface area contributed by atoms with Crippen LogP contribution in [0.4, 0.5) is 0 Å². The Kier molecular flexibility index (Phi) is 6.23. The number of benzene rings is 2. The van der Waals surface area contributed by atoms with E-state index in [1.807, 2.05) is 46.0 Å². The first-order valence-electron chi connectivity index (χ1n) is 8.69. The normalized spacial score (nSPS) is 10.2. The van der Waals surface area contributed by atoms with Gasteiger partial charge in [0, 0.05) is 35.3 Å². The van der Waals surface area contributed by atoms with Crippen molar-refractivity contribution in [3.05, 3.63) is 69.4 Å². The molecular weight excluding hydrogens is 344 g/mol. The van der Waals surface area contributed by atoms with E-state index in [2.05, 4.69) is 16.7 Å². The van der Waals surface area contributed by atoms with Crippen LogP contribution in [0.15, 0.2) is 36.4 Å². The minimum Gasteiger partial charge on any atom is -0.347 e. The van der Waals surface area contributed by atoms with Crippen molar-refractivity contribution in [3.63, 3.8) is 0 Å². The molecule has 3 rings (SSSR count). The Morgan fingerprint density at radius 2 is 1.88 bits per heavy atom. The summed E-state index contributed by atoms with van der Waals surface area (Å²) in [7, 11) is 1.98. The quantitative estimate of drug-likeness (QED) is 0.547. The number of carbonyl (C=O) groups excluding carboxylic acids is 1. The molecule has 0 atom stereocenters. The Hall–Kier alpha value is -2.57. The van der Waals surface area contributed by atoms with E-state index in [1.54, 1.807) is 19.1 Å². The lowest BCUT2D eigenvalue weighted by Gasteiger charge is -2.12. The van der Waals surface area contributed by atoms with E-state index < -0.39 is 0 Å². The molecule has 134 valence electrons. The summed E-state index contributed by atoms with van der Waals surface area (Å²) in [6.07, 6.45) is 0.638. The van der Waals surface area contributed by atoms with E-state index >= 15 is 0 Å². The molecular formula is C22H23ClN2O. The Morgan fingerprint density at radius 1 is 1.19 bits per heavy atom. The zero-order chi connectivity index (χ0) is 19.4. The molecule has 2 aromatic carbocycles. The predicted molar refractivity (Wildman–Crippen MR) is 108 cm³/mol. The van der Waals surface area contributed by atoms with Gasteiger partial charge in [0.1, 0.15) is 0 Å². The van der Waals surface area contributed by atoms with Crippen LogP contribution >= 0.6 is 11.6 Å². The van der Waals surface area contributed by atoms with Crippen LogP contribution in [0.2, 0.25) is 5.02 Å². The SMILES string of the molecule is CC.CC(=O)c1ccc(Cl)c(Cc2cc3ccc(C#N)cc3n2C)c1C.